The van der Waals surface area contributed by atoms with E-state index in [2.05, 4.69) is 48.4 Å². The van der Waals surface area contributed by atoms with Crippen molar-refractivity contribution >= 4 is 40.0 Å². The van der Waals surface area contributed by atoms with Gasteiger partial charge in [0.15, 0.2) is 5.13 Å². The van der Waals surface area contributed by atoms with Crippen LogP contribution in [0.3, 0.4) is 0 Å². The normalized spacial score (nSPS) is 14.0. The molecule has 144 valence electrons. The van der Waals surface area contributed by atoms with Crippen molar-refractivity contribution in [3.05, 3.63) is 35.2 Å². The highest BCUT2D eigenvalue weighted by molar-refractivity contribution is 8.00. The van der Waals surface area contributed by atoms with Crippen molar-refractivity contribution in [3.63, 3.8) is 0 Å². The number of rotatable bonds is 7. The Balaban J connectivity index is 1.46. The van der Waals surface area contributed by atoms with Crippen LogP contribution in [-0.2, 0) is 9.59 Å². The predicted octanol–water partition coefficient (Wildman–Crippen LogP) is 4.23. The smallest absolute Gasteiger partial charge is 0.236 e. The van der Waals surface area contributed by atoms with Gasteiger partial charge in [0.1, 0.15) is 0 Å². The number of hydrogen-bond acceptors (Lipinski definition) is 5. The number of likely N-dealkylation sites (tertiary alicyclic amines) is 1. The summed E-state index contributed by atoms with van der Waals surface area (Å²) in [5.41, 5.74) is 3.20. The van der Waals surface area contributed by atoms with Gasteiger partial charge in [-0.3, -0.25) is 9.59 Å². The molecule has 7 heteroatoms. The predicted molar refractivity (Wildman–Crippen MR) is 113 cm³/mol. The van der Waals surface area contributed by atoms with Crippen LogP contribution in [0.1, 0.15) is 38.2 Å². The number of thiazole rings is 1. The molecular weight excluding hydrogens is 378 g/mol. The minimum absolute atomic E-state index is 0.120. The fourth-order valence-corrected chi connectivity index (χ4v) is 4.40. The van der Waals surface area contributed by atoms with Gasteiger partial charge in [-0.05, 0) is 24.3 Å². The third-order valence-corrected chi connectivity index (χ3v) is 6.22. The van der Waals surface area contributed by atoms with Crippen LogP contribution in [0.15, 0.2) is 29.6 Å². The fraction of sp³-hybridized carbons (Fsp3) is 0.450. The van der Waals surface area contributed by atoms with Crippen molar-refractivity contribution in [2.75, 3.05) is 29.9 Å². The first-order valence-corrected chi connectivity index (χ1v) is 11.3. The van der Waals surface area contributed by atoms with Crippen molar-refractivity contribution in [3.8, 4) is 11.3 Å². The highest BCUT2D eigenvalue weighted by Gasteiger charge is 2.18. The van der Waals surface area contributed by atoms with Gasteiger partial charge in [0.05, 0.1) is 17.2 Å². The van der Waals surface area contributed by atoms with E-state index in [1.54, 1.807) is 0 Å². The van der Waals surface area contributed by atoms with Crippen LogP contribution in [0.25, 0.3) is 11.3 Å². The number of nitrogens with one attached hydrogen (secondary N) is 1. The lowest BCUT2D eigenvalue weighted by molar-refractivity contribution is -0.127. The van der Waals surface area contributed by atoms with Gasteiger partial charge in [-0.25, -0.2) is 4.98 Å². The zero-order valence-corrected chi connectivity index (χ0v) is 17.4. The number of thioether (sulfide) groups is 1. The molecule has 1 aliphatic heterocycles. The average molecular weight is 404 g/mol. The van der Waals surface area contributed by atoms with Crippen LogP contribution in [0.2, 0.25) is 0 Å². The van der Waals surface area contributed by atoms with Crippen LogP contribution in [0.5, 0.6) is 0 Å². The van der Waals surface area contributed by atoms with Crippen LogP contribution >= 0.6 is 23.1 Å². The quantitative estimate of drug-likeness (QED) is 0.752. The molecule has 0 radical (unpaired) electrons. The zero-order chi connectivity index (χ0) is 19.2. The Bertz CT molecular complexity index is 781. The van der Waals surface area contributed by atoms with E-state index in [1.165, 1.54) is 28.7 Å². The summed E-state index contributed by atoms with van der Waals surface area (Å²) in [5.74, 6) is 1.13. The molecule has 0 bridgehead atoms. The molecule has 1 aromatic heterocycles. The van der Waals surface area contributed by atoms with E-state index < -0.39 is 0 Å². The van der Waals surface area contributed by atoms with Crippen molar-refractivity contribution in [1.29, 1.82) is 0 Å². The van der Waals surface area contributed by atoms with E-state index in [9.17, 15) is 9.59 Å². The summed E-state index contributed by atoms with van der Waals surface area (Å²) in [4.78, 5) is 30.4. The lowest BCUT2D eigenvalue weighted by Gasteiger charge is -2.14. The molecule has 0 spiro atoms. The molecule has 5 nitrogen and oxygen atoms in total. The molecule has 1 aliphatic rings. The van der Waals surface area contributed by atoms with Gasteiger partial charge in [0.25, 0.3) is 0 Å². The highest BCUT2D eigenvalue weighted by Crippen LogP contribution is 2.26. The summed E-state index contributed by atoms with van der Waals surface area (Å²) >= 11 is 2.77. The summed E-state index contributed by atoms with van der Waals surface area (Å²) in [6.07, 6.45) is 2.17. The molecular formula is C20H25N3O2S2. The molecule has 1 fully saturated rings. The van der Waals surface area contributed by atoms with E-state index in [0.717, 1.165) is 37.2 Å². The van der Waals surface area contributed by atoms with Gasteiger partial charge in [0, 0.05) is 24.0 Å². The van der Waals surface area contributed by atoms with Gasteiger partial charge in [0.2, 0.25) is 11.8 Å². The maximum atomic E-state index is 12.1. The van der Waals surface area contributed by atoms with Crippen LogP contribution < -0.4 is 5.32 Å². The standard InChI is InChI=1S/C20H25N3O2S2/c1-14(2)15-5-7-16(8-6-15)17-11-27-20(21-17)22-18(24)12-26-13-19(25)23-9-3-4-10-23/h5-8,11,14H,3-4,9-10,12-13H2,1-2H3,(H,21,22,24). The van der Waals surface area contributed by atoms with Gasteiger partial charge in [-0.2, -0.15) is 0 Å². The number of benzene rings is 1. The molecule has 3 rings (SSSR count). The molecule has 27 heavy (non-hydrogen) atoms. The number of carbonyl (C=O) groups excluding carboxylic acids is 2. The number of hydrogen-bond donors (Lipinski definition) is 1. The number of amides is 2. The first-order valence-electron chi connectivity index (χ1n) is 9.24. The molecule has 1 aromatic carbocycles. The average Bonchev–Trinajstić information content (AvgIpc) is 3.34. The number of nitrogens with zero attached hydrogens (tertiary/aromatic N) is 2. The number of carbonyl (C=O) groups is 2. The second-order valence-electron chi connectivity index (χ2n) is 6.94. The summed E-state index contributed by atoms with van der Waals surface area (Å²) in [6.45, 7) is 6.04. The Hall–Kier alpha value is -1.86. The van der Waals surface area contributed by atoms with Crippen LogP contribution in [0, 0.1) is 0 Å². The van der Waals surface area contributed by atoms with E-state index >= 15 is 0 Å². The lowest BCUT2D eigenvalue weighted by atomic mass is 10.0. The molecule has 1 N–H and O–H groups in total. The molecule has 2 heterocycles. The van der Waals surface area contributed by atoms with Crippen LogP contribution in [-0.4, -0.2) is 46.3 Å². The molecule has 2 aromatic rings. The molecule has 1 saturated heterocycles. The topological polar surface area (TPSA) is 62.3 Å². The maximum Gasteiger partial charge on any atom is 0.236 e. The SMILES string of the molecule is CC(C)c1ccc(-c2csc(NC(=O)CSCC(=O)N3CCCC3)n2)cc1. The van der Waals surface area contributed by atoms with Gasteiger partial charge < -0.3 is 10.2 Å². The Labute approximate surface area is 168 Å². The number of aromatic nitrogens is 1. The molecule has 0 atom stereocenters. The Morgan fingerprint density at radius 3 is 2.56 bits per heavy atom. The summed E-state index contributed by atoms with van der Waals surface area (Å²) in [5, 5.41) is 5.37. The van der Waals surface area contributed by atoms with Crippen molar-refractivity contribution < 1.29 is 9.59 Å². The highest BCUT2D eigenvalue weighted by atomic mass is 32.2. The fourth-order valence-electron chi connectivity index (χ4n) is 2.95. The largest absolute Gasteiger partial charge is 0.342 e. The van der Waals surface area contributed by atoms with Crippen molar-refractivity contribution in [1.82, 2.24) is 9.88 Å². The van der Waals surface area contributed by atoms with Crippen molar-refractivity contribution in [2.45, 2.75) is 32.6 Å². The Kier molecular flexibility index (Phi) is 6.90. The minimum atomic E-state index is -0.120. The minimum Gasteiger partial charge on any atom is -0.342 e. The first-order chi connectivity index (χ1) is 13.0. The zero-order valence-electron chi connectivity index (χ0n) is 15.7. The summed E-state index contributed by atoms with van der Waals surface area (Å²) < 4.78 is 0. The van der Waals surface area contributed by atoms with Crippen molar-refractivity contribution in [2.24, 2.45) is 0 Å². The second kappa shape index (κ2) is 9.37. The third-order valence-electron chi connectivity index (χ3n) is 4.54. The van der Waals surface area contributed by atoms with E-state index in [-0.39, 0.29) is 17.6 Å². The Morgan fingerprint density at radius 1 is 1.19 bits per heavy atom. The monoisotopic (exact) mass is 403 g/mol. The number of anilines is 1. The summed E-state index contributed by atoms with van der Waals surface area (Å²) in [6, 6.07) is 8.36. The molecule has 0 saturated carbocycles. The molecule has 2 amide bonds. The van der Waals surface area contributed by atoms with Gasteiger partial charge in [-0.1, -0.05) is 38.1 Å². The third kappa shape index (κ3) is 5.56. The Morgan fingerprint density at radius 2 is 1.89 bits per heavy atom. The maximum absolute atomic E-state index is 12.1. The second-order valence-corrected chi connectivity index (χ2v) is 8.79. The molecule has 0 unspecified atom stereocenters. The van der Waals surface area contributed by atoms with Gasteiger partial charge in [-0.15, -0.1) is 23.1 Å². The van der Waals surface area contributed by atoms with E-state index in [4.69, 9.17) is 0 Å². The van der Waals surface area contributed by atoms with Gasteiger partial charge >= 0.3 is 0 Å². The molecule has 0 aliphatic carbocycles. The van der Waals surface area contributed by atoms with E-state index in [0.29, 0.717) is 16.8 Å². The first kappa shape index (κ1) is 19.9. The lowest BCUT2D eigenvalue weighted by Crippen LogP contribution is -2.29. The van der Waals surface area contributed by atoms with Crippen LogP contribution in [0.4, 0.5) is 5.13 Å². The summed E-state index contributed by atoms with van der Waals surface area (Å²) in [7, 11) is 0. The van der Waals surface area contributed by atoms with E-state index in [1.807, 2.05) is 10.3 Å².